The zero-order valence-corrected chi connectivity index (χ0v) is 25.9. The molecule has 0 heterocycles. The average molecular weight is 585 g/mol. The van der Waals surface area contributed by atoms with Crippen LogP contribution in [0.25, 0.3) is 0 Å². The maximum absolute atomic E-state index is 12.7. The van der Waals surface area contributed by atoms with Gasteiger partial charge in [0.1, 0.15) is 0 Å². The summed E-state index contributed by atoms with van der Waals surface area (Å²) < 4.78 is 27.6. The summed E-state index contributed by atoms with van der Waals surface area (Å²) in [5.74, 6) is 2.04. The Balaban J connectivity index is 1.25. The second kappa shape index (κ2) is 11.3. The molecule has 0 radical (unpaired) electrons. The lowest BCUT2D eigenvalue weighted by atomic mass is 9.41. The molecule has 4 fully saturated rings. The van der Waals surface area contributed by atoms with Gasteiger partial charge in [0, 0.05) is 6.42 Å². The Morgan fingerprint density at radius 3 is 2.37 bits per heavy atom. The van der Waals surface area contributed by atoms with Crippen molar-refractivity contribution < 1.29 is 23.4 Å². The molecule has 0 aromatic heterocycles. The minimum Gasteiger partial charge on any atom is -0.393 e. The van der Waals surface area contributed by atoms with Gasteiger partial charge in [-0.25, -0.2) is 13.1 Å². The Hall–Kier alpha value is -1.95. The van der Waals surface area contributed by atoms with E-state index in [0.29, 0.717) is 35.7 Å². The second-order valence-corrected chi connectivity index (χ2v) is 16.0. The van der Waals surface area contributed by atoms with Crippen molar-refractivity contribution in [3.05, 3.63) is 29.8 Å². The molecule has 0 bridgehead atoms. The highest BCUT2D eigenvalue weighted by atomic mass is 32.2. The smallest absolute Gasteiger partial charge is 0.264 e. The lowest BCUT2D eigenvalue weighted by molar-refractivity contribution is -0.203. The summed E-state index contributed by atoms with van der Waals surface area (Å²) in [6.07, 6.45) is 8.29. The molecule has 0 saturated heterocycles. The molecule has 11 atom stereocenters. The highest BCUT2D eigenvalue weighted by molar-refractivity contribution is 7.90. The van der Waals surface area contributed by atoms with Crippen LogP contribution in [0.1, 0.15) is 97.5 Å². The van der Waals surface area contributed by atoms with Gasteiger partial charge in [0.05, 0.1) is 28.7 Å². The van der Waals surface area contributed by atoms with Crippen LogP contribution in [0.3, 0.4) is 0 Å². The third kappa shape index (κ3) is 5.25. The van der Waals surface area contributed by atoms with Gasteiger partial charge in [-0.05, 0) is 128 Å². The van der Waals surface area contributed by atoms with Crippen LogP contribution in [-0.4, -0.2) is 36.7 Å². The van der Waals surface area contributed by atoms with E-state index in [4.69, 9.17) is 5.26 Å². The number of sulfonamides is 1. The van der Waals surface area contributed by atoms with Gasteiger partial charge in [-0.15, -0.1) is 0 Å². The van der Waals surface area contributed by atoms with Gasteiger partial charge >= 0.3 is 0 Å². The van der Waals surface area contributed by atoms with Gasteiger partial charge < -0.3 is 10.2 Å². The first kappa shape index (κ1) is 30.5. The summed E-state index contributed by atoms with van der Waals surface area (Å²) in [5, 5.41) is 31.4. The van der Waals surface area contributed by atoms with Gasteiger partial charge in [0.15, 0.2) is 0 Å². The van der Waals surface area contributed by atoms with Crippen LogP contribution in [-0.2, 0) is 14.8 Å². The number of fused-ring (bicyclic) bond motifs is 5. The number of nitrogens with one attached hydrogen (secondary N) is 1. The Morgan fingerprint density at radius 1 is 1.05 bits per heavy atom. The normalized spacial score (nSPS) is 40.9. The Kier molecular flexibility index (Phi) is 8.39. The largest absolute Gasteiger partial charge is 0.393 e. The second-order valence-electron chi connectivity index (χ2n) is 14.3. The number of carbonyl (C=O) groups excluding carboxylic acids is 1. The average Bonchev–Trinajstić information content (AvgIpc) is 3.30. The van der Waals surface area contributed by atoms with Gasteiger partial charge in [-0.2, -0.15) is 5.26 Å². The van der Waals surface area contributed by atoms with Crippen LogP contribution < -0.4 is 4.72 Å². The summed E-state index contributed by atoms with van der Waals surface area (Å²) in [6.45, 7) is 9.28. The predicted octanol–water partition coefficient (Wildman–Crippen LogP) is 5.41. The number of carbonyl (C=O) groups is 1. The van der Waals surface area contributed by atoms with Crippen LogP contribution in [0.4, 0.5) is 0 Å². The number of nitriles is 1. The molecule has 1 amide bonds. The minimum atomic E-state index is -3.98. The summed E-state index contributed by atoms with van der Waals surface area (Å²) >= 11 is 0. The highest BCUT2D eigenvalue weighted by Crippen LogP contribution is 2.69. The summed E-state index contributed by atoms with van der Waals surface area (Å²) in [5.41, 5.74) is 0.634. The Morgan fingerprint density at radius 2 is 1.71 bits per heavy atom. The number of amides is 1. The Labute approximate surface area is 246 Å². The van der Waals surface area contributed by atoms with Crippen LogP contribution in [0.2, 0.25) is 0 Å². The van der Waals surface area contributed by atoms with Crippen molar-refractivity contribution in [2.75, 3.05) is 0 Å². The molecule has 1 aromatic rings. The molecular weight excluding hydrogens is 536 g/mol. The molecule has 4 aliphatic rings. The molecule has 3 N–H and O–H groups in total. The van der Waals surface area contributed by atoms with E-state index in [1.807, 2.05) is 6.07 Å². The van der Waals surface area contributed by atoms with Crippen LogP contribution >= 0.6 is 0 Å². The van der Waals surface area contributed by atoms with Gasteiger partial charge in [-0.3, -0.25) is 4.79 Å². The molecule has 5 rings (SSSR count). The van der Waals surface area contributed by atoms with E-state index in [0.717, 1.165) is 51.4 Å². The van der Waals surface area contributed by atoms with Gasteiger partial charge in [0.2, 0.25) is 5.91 Å². The van der Waals surface area contributed by atoms with Crippen LogP contribution in [0, 0.1) is 63.6 Å². The molecule has 1 aromatic carbocycles. The fraction of sp³-hybridized carbons (Fsp3) is 0.758. The number of hydrogen-bond donors (Lipinski definition) is 3. The molecule has 8 heteroatoms. The molecule has 4 saturated carbocycles. The minimum absolute atomic E-state index is 0.0272. The topological polar surface area (TPSA) is 127 Å². The summed E-state index contributed by atoms with van der Waals surface area (Å²) in [6, 6.07) is 7.50. The molecule has 7 nitrogen and oxygen atoms in total. The highest BCUT2D eigenvalue weighted by Gasteiger charge is 2.64. The molecule has 41 heavy (non-hydrogen) atoms. The van der Waals surface area contributed by atoms with E-state index in [1.54, 1.807) is 0 Å². The number of aliphatic hydroxyl groups excluding tert-OH is 2. The van der Waals surface area contributed by atoms with Crippen molar-refractivity contribution in [1.29, 1.82) is 5.26 Å². The Bertz CT molecular complexity index is 1280. The first-order valence-electron chi connectivity index (χ1n) is 15.8. The molecule has 226 valence electrons. The van der Waals surface area contributed by atoms with E-state index >= 15 is 0 Å². The lowest BCUT2D eigenvalue weighted by Gasteiger charge is -2.64. The monoisotopic (exact) mass is 584 g/mol. The molecule has 4 aliphatic carbocycles. The first-order chi connectivity index (χ1) is 19.4. The zero-order valence-electron chi connectivity index (χ0n) is 25.1. The predicted molar refractivity (Wildman–Crippen MR) is 157 cm³/mol. The van der Waals surface area contributed by atoms with Crippen molar-refractivity contribution in [2.24, 2.45) is 52.3 Å². The van der Waals surface area contributed by atoms with Crippen molar-refractivity contribution in [1.82, 2.24) is 4.72 Å². The van der Waals surface area contributed by atoms with Crippen molar-refractivity contribution in [2.45, 2.75) is 109 Å². The fourth-order valence-corrected chi connectivity index (χ4v) is 11.5. The number of hydrogen-bond acceptors (Lipinski definition) is 6. The van der Waals surface area contributed by atoms with Crippen LogP contribution in [0.5, 0.6) is 0 Å². The van der Waals surface area contributed by atoms with Gasteiger partial charge in [0.25, 0.3) is 10.0 Å². The molecular formula is C33H48N2O5S. The van der Waals surface area contributed by atoms with E-state index in [1.165, 1.54) is 24.3 Å². The lowest BCUT2D eigenvalue weighted by Crippen LogP contribution is -2.62. The quantitative estimate of drug-likeness (QED) is 0.393. The summed E-state index contributed by atoms with van der Waals surface area (Å²) in [7, 11) is -3.98. The maximum atomic E-state index is 12.7. The SMILES string of the molecule is CC[C@@H]1C2C[C@H](O)CCC2(C)[C@H]2CCC3(C)C([C@H](C)CCC(=O)NS(=O)(=O)c4ccc(C#N)cc4)CC[C@H]3[C@@H]2[C@@H]1O. The summed E-state index contributed by atoms with van der Waals surface area (Å²) in [4.78, 5) is 12.7. The third-order valence-electron chi connectivity index (χ3n) is 12.5. The zero-order chi connectivity index (χ0) is 29.7. The van der Waals surface area contributed by atoms with Crippen molar-refractivity contribution in [3.63, 3.8) is 0 Å². The van der Waals surface area contributed by atoms with Crippen molar-refractivity contribution >= 4 is 15.9 Å². The van der Waals surface area contributed by atoms with E-state index in [-0.39, 0.29) is 52.1 Å². The third-order valence-corrected chi connectivity index (χ3v) is 13.9. The number of nitrogens with zero attached hydrogens (tertiary/aromatic N) is 1. The molecule has 0 spiro atoms. The first-order valence-corrected chi connectivity index (χ1v) is 17.3. The van der Waals surface area contributed by atoms with E-state index in [2.05, 4.69) is 32.4 Å². The number of rotatable bonds is 7. The van der Waals surface area contributed by atoms with Gasteiger partial charge in [-0.1, -0.05) is 34.1 Å². The van der Waals surface area contributed by atoms with Crippen molar-refractivity contribution in [3.8, 4) is 6.07 Å². The standard InChI is InChI=1S/C33H48N2O5S/c1-5-24-28-18-22(36)14-16-33(28,4)27-15-17-32(3)25(11-12-26(32)30(27)31(24)38)20(2)6-13-29(37)35-41(39,40)23-9-7-21(19-34)8-10-23/h7-10,20,22,24-28,30-31,36,38H,5-6,11-18H2,1-4H3,(H,35,37)/t20-,22-,24-,25?,26+,27+,28?,30+,31-,32?,33?/m1/s1. The van der Waals surface area contributed by atoms with E-state index in [9.17, 15) is 23.4 Å². The van der Waals surface area contributed by atoms with Crippen LogP contribution in [0.15, 0.2) is 29.2 Å². The number of aliphatic hydroxyl groups is 2. The fourth-order valence-electron chi connectivity index (χ4n) is 10.5. The van der Waals surface area contributed by atoms with E-state index < -0.39 is 15.9 Å². The number of benzene rings is 1. The molecule has 4 unspecified atom stereocenters. The molecule has 0 aliphatic heterocycles. The maximum Gasteiger partial charge on any atom is 0.264 e.